The second-order valence-electron chi connectivity index (χ2n) is 3.42. The van der Waals surface area contributed by atoms with Crippen molar-refractivity contribution in [3.8, 4) is 0 Å². The highest BCUT2D eigenvalue weighted by molar-refractivity contribution is 9.11. The van der Waals surface area contributed by atoms with E-state index >= 15 is 0 Å². The van der Waals surface area contributed by atoms with Crippen LogP contribution in [0.5, 0.6) is 0 Å². The number of hydrogen-bond acceptors (Lipinski definition) is 4. The summed E-state index contributed by atoms with van der Waals surface area (Å²) in [5.41, 5.74) is 0. The summed E-state index contributed by atoms with van der Waals surface area (Å²) in [5, 5.41) is 3.41. The summed E-state index contributed by atoms with van der Waals surface area (Å²) in [5.74, 6) is 0. The van der Waals surface area contributed by atoms with E-state index in [-0.39, 0.29) is 0 Å². The summed E-state index contributed by atoms with van der Waals surface area (Å²) in [6, 6.07) is 4.59. The first-order valence-electron chi connectivity index (χ1n) is 5.29. The maximum Gasteiger partial charge on any atom is 0.0701 e. The Hall–Kier alpha value is 0.0600. The summed E-state index contributed by atoms with van der Waals surface area (Å²) in [6.07, 6.45) is 0. The minimum Gasteiger partial charge on any atom is -0.382 e. The van der Waals surface area contributed by atoms with E-state index in [9.17, 15) is 0 Å². The molecule has 0 radical (unpaired) electrons. The normalized spacial score (nSPS) is 12.9. The van der Waals surface area contributed by atoms with Crippen molar-refractivity contribution in [2.45, 2.75) is 13.0 Å². The first kappa shape index (κ1) is 14.1. The van der Waals surface area contributed by atoms with Crippen LogP contribution in [0.3, 0.4) is 0 Å². The van der Waals surface area contributed by atoms with Crippen LogP contribution in [0.2, 0.25) is 0 Å². The van der Waals surface area contributed by atoms with E-state index in [4.69, 9.17) is 9.47 Å². The standard InChI is InChI=1S/C11H18BrNO2S/c1-9(10-3-4-11(12)16-10)13-5-6-15-8-7-14-2/h3-4,9,13H,5-8H2,1-2H3. The van der Waals surface area contributed by atoms with Crippen LogP contribution in [0.15, 0.2) is 15.9 Å². The summed E-state index contributed by atoms with van der Waals surface area (Å²) in [4.78, 5) is 1.34. The summed E-state index contributed by atoms with van der Waals surface area (Å²) < 4.78 is 11.4. The number of nitrogens with one attached hydrogen (secondary N) is 1. The van der Waals surface area contributed by atoms with Crippen LogP contribution in [0.1, 0.15) is 17.8 Å². The van der Waals surface area contributed by atoms with Gasteiger partial charge in [0.1, 0.15) is 0 Å². The van der Waals surface area contributed by atoms with Crippen LogP contribution >= 0.6 is 27.3 Å². The molecule has 16 heavy (non-hydrogen) atoms. The lowest BCUT2D eigenvalue weighted by molar-refractivity contribution is 0.0712. The quantitative estimate of drug-likeness (QED) is 0.749. The molecule has 1 aromatic rings. The van der Waals surface area contributed by atoms with Crippen molar-refractivity contribution in [1.29, 1.82) is 0 Å². The lowest BCUT2D eigenvalue weighted by atomic mass is 10.3. The van der Waals surface area contributed by atoms with Crippen molar-refractivity contribution in [3.05, 3.63) is 20.8 Å². The first-order chi connectivity index (χ1) is 7.74. The van der Waals surface area contributed by atoms with Crippen LogP contribution < -0.4 is 5.32 Å². The molecule has 3 nitrogen and oxygen atoms in total. The highest BCUT2D eigenvalue weighted by atomic mass is 79.9. The molecular formula is C11H18BrNO2S. The predicted molar refractivity (Wildman–Crippen MR) is 71.1 cm³/mol. The van der Waals surface area contributed by atoms with Crippen molar-refractivity contribution in [2.24, 2.45) is 0 Å². The molecule has 0 aromatic carbocycles. The van der Waals surface area contributed by atoms with Crippen LogP contribution in [-0.2, 0) is 9.47 Å². The van der Waals surface area contributed by atoms with Crippen LogP contribution in [0.25, 0.3) is 0 Å². The molecule has 0 bridgehead atoms. The van der Waals surface area contributed by atoms with E-state index in [1.165, 1.54) is 8.66 Å². The largest absolute Gasteiger partial charge is 0.382 e. The zero-order valence-electron chi connectivity index (χ0n) is 9.66. The molecule has 0 spiro atoms. The number of rotatable bonds is 8. The SMILES string of the molecule is COCCOCCNC(C)c1ccc(Br)s1. The Bertz CT molecular complexity index is 293. The highest BCUT2D eigenvalue weighted by Gasteiger charge is 2.06. The van der Waals surface area contributed by atoms with Crippen molar-refractivity contribution in [1.82, 2.24) is 5.32 Å². The van der Waals surface area contributed by atoms with Gasteiger partial charge in [-0.05, 0) is 35.0 Å². The Morgan fingerprint density at radius 3 is 2.81 bits per heavy atom. The van der Waals surface area contributed by atoms with Crippen molar-refractivity contribution < 1.29 is 9.47 Å². The molecule has 1 N–H and O–H groups in total. The molecule has 0 aliphatic rings. The van der Waals surface area contributed by atoms with E-state index in [1.807, 2.05) is 0 Å². The van der Waals surface area contributed by atoms with Crippen LogP contribution in [-0.4, -0.2) is 33.5 Å². The number of ether oxygens (including phenoxy) is 2. The molecule has 1 unspecified atom stereocenters. The van der Waals surface area contributed by atoms with Crippen molar-refractivity contribution in [3.63, 3.8) is 0 Å². The minimum absolute atomic E-state index is 0.377. The van der Waals surface area contributed by atoms with Crippen molar-refractivity contribution in [2.75, 3.05) is 33.5 Å². The average molecular weight is 308 g/mol. The smallest absolute Gasteiger partial charge is 0.0701 e. The molecule has 0 saturated heterocycles. The summed E-state index contributed by atoms with van der Waals surface area (Å²) in [6.45, 7) is 5.07. The van der Waals surface area contributed by atoms with Crippen molar-refractivity contribution >= 4 is 27.3 Å². The van der Waals surface area contributed by atoms with Crippen LogP contribution in [0, 0.1) is 0 Å². The van der Waals surface area contributed by atoms with Gasteiger partial charge in [-0.25, -0.2) is 0 Å². The molecule has 0 fully saturated rings. The lowest BCUT2D eigenvalue weighted by Gasteiger charge is -2.11. The number of halogens is 1. The zero-order chi connectivity index (χ0) is 11.8. The molecule has 0 amide bonds. The third-order valence-electron chi connectivity index (χ3n) is 2.15. The van der Waals surface area contributed by atoms with Gasteiger partial charge in [0.25, 0.3) is 0 Å². The number of hydrogen-bond donors (Lipinski definition) is 1. The highest BCUT2D eigenvalue weighted by Crippen LogP contribution is 2.26. The molecule has 1 heterocycles. The molecule has 0 aliphatic heterocycles. The van der Waals surface area contributed by atoms with E-state index in [1.54, 1.807) is 18.4 Å². The molecule has 0 saturated carbocycles. The summed E-state index contributed by atoms with van der Waals surface area (Å²) >= 11 is 5.22. The summed E-state index contributed by atoms with van der Waals surface area (Å²) in [7, 11) is 1.68. The maximum absolute atomic E-state index is 5.37. The van der Waals surface area contributed by atoms with E-state index in [0.29, 0.717) is 19.3 Å². The third-order valence-corrected chi connectivity index (χ3v) is 3.96. The second kappa shape index (κ2) is 8.20. The average Bonchev–Trinajstić information content (AvgIpc) is 2.70. The monoisotopic (exact) mass is 307 g/mol. The fraction of sp³-hybridized carbons (Fsp3) is 0.636. The third kappa shape index (κ3) is 5.41. The van der Waals surface area contributed by atoms with E-state index in [2.05, 4.69) is 40.3 Å². The van der Waals surface area contributed by atoms with Gasteiger partial charge < -0.3 is 14.8 Å². The molecule has 5 heteroatoms. The van der Waals surface area contributed by atoms with Gasteiger partial charge in [-0.15, -0.1) is 11.3 Å². The fourth-order valence-corrected chi connectivity index (χ4v) is 2.70. The molecule has 1 rings (SSSR count). The van der Waals surface area contributed by atoms with Gasteiger partial charge >= 0.3 is 0 Å². The topological polar surface area (TPSA) is 30.5 Å². The maximum atomic E-state index is 5.37. The second-order valence-corrected chi connectivity index (χ2v) is 5.92. The molecule has 1 aromatic heterocycles. The predicted octanol–water partition coefficient (Wildman–Crippen LogP) is 2.82. The zero-order valence-corrected chi connectivity index (χ0v) is 12.1. The Morgan fingerprint density at radius 1 is 1.38 bits per heavy atom. The Morgan fingerprint density at radius 2 is 2.19 bits per heavy atom. The van der Waals surface area contributed by atoms with Gasteiger partial charge in [0.15, 0.2) is 0 Å². The van der Waals surface area contributed by atoms with Crippen LogP contribution in [0.4, 0.5) is 0 Å². The van der Waals surface area contributed by atoms with E-state index < -0.39 is 0 Å². The number of thiophene rings is 1. The number of methoxy groups -OCH3 is 1. The molecule has 92 valence electrons. The molecular weight excluding hydrogens is 290 g/mol. The first-order valence-corrected chi connectivity index (χ1v) is 6.90. The minimum atomic E-state index is 0.377. The van der Waals surface area contributed by atoms with Gasteiger partial charge in [-0.1, -0.05) is 0 Å². The Kier molecular flexibility index (Phi) is 7.23. The molecule has 0 aliphatic carbocycles. The van der Waals surface area contributed by atoms with Gasteiger partial charge in [0, 0.05) is 24.6 Å². The van der Waals surface area contributed by atoms with Gasteiger partial charge in [-0.3, -0.25) is 0 Å². The Labute approximate surface area is 109 Å². The lowest BCUT2D eigenvalue weighted by Crippen LogP contribution is -2.23. The van der Waals surface area contributed by atoms with Gasteiger partial charge in [0.2, 0.25) is 0 Å². The van der Waals surface area contributed by atoms with Gasteiger partial charge in [-0.2, -0.15) is 0 Å². The van der Waals surface area contributed by atoms with E-state index in [0.717, 1.165) is 13.2 Å². The van der Waals surface area contributed by atoms with Gasteiger partial charge in [0.05, 0.1) is 23.6 Å². The fourth-order valence-electron chi connectivity index (χ4n) is 1.25. The molecule has 1 atom stereocenters. The Balaban J connectivity index is 2.09.